The van der Waals surface area contributed by atoms with Gasteiger partial charge < -0.3 is 10.4 Å². The number of amides is 1. The molecule has 1 saturated heterocycles. The van der Waals surface area contributed by atoms with E-state index in [4.69, 9.17) is 12.2 Å². The molecule has 5 heteroatoms. The number of hydrogen-bond donors (Lipinski definition) is 2. The van der Waals surface area contributed by atoms with Gasteiger partial charge in [-0.25, -0.2) is 0 Å². The largest absolute Gasteiger partial charge is 0.508 e. The van der Waals surface area contributed by atoms with Gasteiger partial charge in [0.15, 0.2) is 0 Å². The molecule has 26 heavy (non-hydrogen) atoms. The van der Waals surface area contributed by atoms with E-state index in [1.54, 1.807) is 0 Å². The van der Waals surface area contributed by atoms with Crippen LogP contribution in [-0.2, 0) is 11.2 Å². The Balaban J connectivity index is 1.59. The van der Waals surface area contributed by atoms with Crippen molar-refractivity contribution in [3.8, 4) is 16.9 Å². The minimum absolute atomic E-state index is 0.00134. The molecule has 1 heterocycles. The Morgan fingerprint density at radius 2 is 1.88 bits per heavy atom. The number of phenolic OH excluding ortho intramolecular Hbond substituents is 1. The quantitative estimate of drug-likeness (QED) is 0.746. The first kappa shape index (κ1) is 17.6. The first-order valence-corrected chi connectivity index (χ1v) is 10.3. The van der Waals surface area contributed by atoms with Crippen LogP contribution in [-0.4, -0.2) is 20.6 Å². The van der Waals surface area contributed by atoms with E-state index in [-0.39, 0.29) is 11.2 Å². The van der Waals surface area contributed by atoms with Crippen molar-refractivity contribution in [1.29, 1.82) is 0 Å². The number of carbonyl (C=O) groups is 1. The van der Waals surface area contributed by atoms with Gasteiger partial charge in [0, 0.05) is 0 Å². The van der Waals surface area contributed by atoms with Crippen LogP contribution in [0.4, 0.5) is 0 Å². The van der Waals surface area contributed by atoms with Crippen LogP contribution in [0.3, 0.4) is 0 Å². The lowest BCUT2D eigenvalue weighted by atomic mass is 9.92. The highest BCUT2D eigenvalue weighted by atomic mass is 32.2. The highest BCUT2D eigenvalue weighted by Crippen LogP contribution is 2.40. The molecule has 0 spiro atoms. The van der Waals surface area contributed by atoms with E-state index in [0.29, 0.717) is 22.4 Å². The summed E-state index contributed by atoms with van der Waals surface area (Å²) in [5.74, 6) is 0.876. The number of benzene rings is 2. The lowest BCUT2D eigenvalue weighted by Crippen LogP contribution is -2.25. The molecule has 0 aromatic heterocycles. The molecule has 2 aliphatic rings. The maximum absolute atomic E-state index is 11.9. The number of rotatable bonds is 4. The summed E-state index contributed by atoms with van der Waals surface area (Å²) >= 11 is 6.51. The van der Waals surface area contributed by atoms with Crippen LogP contribution < -0.4 is 5.32 Å². The van der Waals surface area contributed by atoms with Crippen molar-refractivity contribution in [2.45, 2.75) is 43.3 Å². The standard InChI is InChI=1S/C21H21NO2S2/c23-18-9-8-16(12-17(18)14-5-1-2-6-14)15-7-3-4-13(10-15)11-19-20(24)22-21(25)26-19/h3-4,7-10,12,14,19,23H,1-2,5-6,11H2,(H,22,24,25). The molecule has 134 valence electrons. The second kappa shape index (κ2) is 7.41. The minimum atomic E-state index is -0.147. The number of phenols is 1. The van der Waals surface area contributed by atoms with Gasteiger partial charge >= 0.3 is 0 Å². The number of aromatic hydroxyl groups is 1. The molecule has 2 fully saturated rings. The maximum atomic E-state index is 11.9. The summed E-state index contributed by atoms with van der Waals surface area (Å²) in [6.45, 7) is 0. The zero-order chi connectivity index (χ0) is 18.1. The van der Waals surface area contributed by atoms with Crippen LogP contribution in [0.5, 0.6) is 5.75 Å². The van der Waals surface area contributed by atoms with Crippen molar-refractivity contribution < 1.29 is 9.90 Å². The van der Waals surface area contributed by atoms with Crippen molar-refractivity contribution in [3.05, 3.63) is 53.6 Å². The van der Waals surface area contributed by atoms with E-state index in [1.807, 2.05) is 18.2 Å². The molecule has 0 bridgehead atoms. The third-order valence-electron chi connectivity index (χ3n) is 5.27. The van der Waals surface area contributed by atoms with E-state index in [2.05, 4.69) is 29.6 Å². The smallest absolute Gasteiger partial charge is 0.239 e. The fourth-order valence-electron chi connectivity index (χ4n) is 3.92. The van der Waals surface area contributed by atoms with Crippen molar-refractivity contribution >= 4 is 34.2 Å². The Morgan fingerprint density at radius 1 is 1.12 bits per heavy atom. The average Bonchev–Trinajstić information content (AvgIpc) is 3.26. The van der Waals surface area contributed by atoms with Gasteiger partial charge in [-0.2, -0.15) is 0 Å². The van der Waals surface area contributed by atoms with Crippen LogP contribution >= 0.6 is 24.0 Å². The highest BCUT2D eigenvalue weighted by Gasteiger charge is 2.29. The van der Waals surface area contributed by atoms with E-state index in [9.17, 15) is 9.90 Å². The van der Waals surface area contributed by atoms with Crippen molar-refractivity contribution in [2.24, 2.45) is 0 Å². The van der Waals surface area contributed by atoms with Gasteiger partial charge in [0.05, 0.1) is 5.25 Å². The first-order valence-electron chi connectivity index (χ1n) is 9.04. The SMILES string of the molecule is O=C1NC(=S)SC1Cc1cccc(-c2ccc(O)c(C3CCCC3)c2)c1. The highest BCUT2D eigenvalue weighted by molar-refractivity contribution is 8.24. The van der Waals surface area contributed by atoms with Gasteiger partial charge in [-0.15, -0.1) is 0 Å². The maximum Gasteiger partial charge on any atom is 0.239 e. The van der Waals surface area contributed by atoms with E-state index >= 15 is 0 Å². The molecule has 1 saturated carbocycles. The number of thioether (sulfide) groups is 1. The van der Waals surface area contributed by atoms with Crippen LogP contribution in [0.25, 0.3) is 11.1 Å². The zero-order valence-electron chi connectivity index (χ0n) is 14.4. The summed E-state index contributed by atoms with van der Waals surface area (Å²) in [6.07, 6.45) is 5.47. The third kappa shape index (κ3) is 3.64. The molecule has 4 rings (SSSR count). The molecule has 1 atom stereocenters. The molecule has 1 unspecified atom stereocenters. The predicted molar refractivity (Wildman–Crippen MR) is 111 cm³/mol. The zero-order valence-corrected chi connectivity index (χ0v) is 16.0. The molecule has 2 aromatic carbocycles. The summed E-state index contributed by atoms with van der Waals surface area (Å²) in [5.41, 5.74) is 4.43. The molecular formula is C21H21NO2S2. The fraction of sp³-hybridized carbons (Fsp3) is 0.333. The Morgan fingerprint density at radius 3 is 2.62 bits per heavy atom. The Kier molecular flexibility index (Phi) is 5.00. The van der Waals surface area contributed by atoms with E-state index in [0.717, 1.165) is 35.1 Å². The second-order valence-electron chi connectivity index (χ2n) is 7.04. The average molecular weight is 384 g/mol. The normalized spacial score (nSPS) is 20.5. The molecule has 3 nitrogen and oxygen atoms in total. The predicted octanol–water partition coefficient (Wildman–Crippen LogP) is 4.78. The van der Waals surface area contributed by atoms with Crippen LogP contribution in [0.2, 0.25) is 0 Å². The molecule has 1 aliphatic heterocycles. The topological polar surface area (TPSA) is 49.3 Å². The van der Waals surface area contributed by atoms with E-state index in [1.165, 1.54) is 24.6 Å². The summed E-state index contributed by atoms with van der Waals surface area (Å²) in [7, 11) is 0. The molecule has 1 aliphatic carbocycles. The van der Waals surface area contributed by atoms with Crippen molar-refractivity contribution in [3.63, 3.8) is 0 Å². The minimum Gasteiger partial charge on any atom is -0.508 e. The van der Waals surface area contributed by atoms with Gasteiger partial charge in [-0.1, -0.05) is 67.2 Å². The number of hydrogen-bond acceptors (Lipinski definition) is 4. The Hall–Kier alpha value is -1.85. The number of thiocarbonyl (C=S) groups is 1. The van der Waals surface area contributed by atoms with Crippen molar-refractivity contribution in [1.82, 2.24) is 5.32 Å². The molecule has 0 radical (unpaired) electrons. The summed E-state index contributed by atoms with van der Waals surface area (Å²) in [6, 6.07) is 14.2. The van der Waals surface area contributed by atoms with Gasteiger partial charge in [0.25, 0.3) is 0 Å². The first-order chi connectivity index (χ1) is 12.6. The van der Waals surface area contributed by atoms with Gasteiger partial charge in [0.1, 0.15) is 10.1 Å². The second-order valence-corrected chi connectivity index (χ2v) is 8.92. The summed E-state index contributed by atoms with van der Waals surface area (Å²) < 4.78 is 0.566. The van der Waals surface area contributed by atoms with E-state index < -0.39 is 0 Å². The van der Waals surface area contributed by atoms with Gasteiger partial charge in [0.2, 0.25) is 5.91 Å². The summed E-state index contributed by atoms with van der Waals surface area (Å²) in [4.78, 5) is 11.9. The fourth-order valence-corrected chi connectivity index (χ4v) is 5.23. The molecule has 1 amide bonds. The number of nitrogens with one attached hydrogen (secondary N) is 1. The van der Waals surface area contributed by atoms with Crippen LogP contribution in [0.15, 0.2) is 42.5 Å². The van der Waals surface area contributed by atoms with Gasteiger partial charge in [-0.3, -0.25) is 4.79 Å². The van der Waals surface area contributed by atoms with Gasteiger partial charge in [-0.05, 0) is 59.6 Å². The monoisotopic (exact) mass is 383 g/mol. The Labute approximate surface area is 163 Å². The molecular weight excluding hydrogens is 362 g/mol. The molecule has 2 aromatic rings. The summed E-state index contributed by atoms with van der Waals surface area (Å²) in [5, 5.41) is 12.8. The number of carbonyl (C=O) groups excluding carboxylic acids is 1. The molecule has 2 N–H and O–H groups in total. The van der Waals surface area contributed by atoms with Crippen LogP contribution in [0, 0.1) is 0 Å². The van der Waals surface area contributed by atoms with Crippen LogP contribution in [0.1, 0.15) is 42.7 Å². The third-order valence-corrected chi connectivity index (χ3v) is 6.64. The Bertz CT molecular complexity index is 859. The lowest BCUT2D eigenvalue weighted by Gasteiger charge is -2.14. The lowest BCUT2D eigenvalue weighted by molar-refractivity contribution is -0.118. The van der Waals surface area contributed by atoms with Crippen molar-refractivity contribution in [2.75, 3.05) is 0 Å².